The summed E-state index contributed by atoms with van der Waals surface area (Å²) in [6.07, 6.45) is 0.641. The van der Waals surface area contributed by atoms with Crippen molar-refractivity contribution < 1.29 is 23.1 Å². The van der Waals surface area contributed by atoms with E-state index in [-0.39, 0.29) is 30.3 Å². The highest BCUT2D eigenvalue weighted by Crippen LogP contribution is 2.43. The van der Waals surface area contributed by atoms with Crippen LogP contribution in [0.5, 0.6) is 0 Å². The van der Waals surface area contributed by atoms with Crippen LogP contribution < -0.4 is 0 Å². The molecule has 142 valence electrons. The van der Waals surface area contributed by atoms with Gasteiger partial charge in [0.2, 0.25) is 15.9 Å². The number of nitrogens with zero attached hydrogens (tertiary/aromatic N) is 2. The molecule has 1 atom stereocenters. The van der Waals surface area contributed by atoms with Crippen molar-refractivity contribution in [3.8, 4) is 0 Å². The number of aliphatic carboxylic acids is 1. The van der Waals surface area contributed by atoms with Gasteiger partial charge in [-0.2, -0.15) is 4.31 Å². The van der Waals surface area contributed by atoms with E-state index in [9.17, 15) is 23.1 Å². The first-order valence-corrected chi connectivity index (χ1v) is 10.1. The largest absolute Gasteiger partial charge is 0.481 e. The Morgan fingerprint density at radius 1 is 1.23 bits per heavy atom. The average molecular weight is 380 g/mol. The van der Waals surface area contributed by atoms with E-state index in [2.05, 4.69) is 0 Å². The molecule has 1 unspecified atom stereocenters. The molecule has 0 saturated carbocycles. The third kappa shape index (κ3) is 2.81. The summed E-state index contributed by atoms with van der Waals surface area (Å²) in [6.45, 7) is 4.09. The van der Waals surface area contributed by atoms with Gasteiger partial charge in [0.15, 0.2) is 0 Å². The predicted octanol–water partition coefficient (Wildman–Crippen LogP) is 1.39. The van der Waals surface area contributed by atoms with Gasteiger partial charge in [0.1, 0.15) is 0 Å². The van der Waals surface area contributed by atoms with E-state index < -0.39 is 27.4 Å². The zero-order valence-corrected chi connectivity index (χ0v) is 16.0. The van der Waals surface area contributed by atoms with Crippen LogP contribution in [0.4, 0.5) is 0 Å². The summed E-state index contributed by atoms with van der Waals surface area (Å²) < 4.78 is 27.4. The zero-order valence-electron chi connectivity index (χ0n) is 15.2. The number of rotatable bonds is 3. The molecule has 7 nitrogen and oxygen atoms in total. The third-order valence-electron chi connectivity index (χ3n) is 5.90. The molecular formula is C18H24N2O5S. The molecule has 1 aromatic rings. The Balaban J connectivity index is 1.86. The van der Waals surface area contributed by atoms with E-state index in [4.69, 9.17) is 0 Å². The summed E-state index contributed by atoms with van der Waals surface area (Å²) >= 11 is 0. The zero-order chi connectivity index (χ0) is 19.3. The molecule has 0 aliphatic carbocycles. The molecule has 1 N–H and O–H groups in total. The smallest absolute Gasteiger partial charge is 0.309 e. The molecular weight excluding hydrogens is 356 g/mol. The summed E-state index contributed by atoms with van der Waals surface area (Å²) in [7, 11) is -2.02. The molecule has 1 spiro atoms. The molecule has 2 aliphatic heterocycles. The fourth-order valence-electron chi connectivity index (χ4n) is 4.33. The van der Waals surface area contributed by atoms with Crippen LogP contribution in [-0.4, -0.2) is 60.3 Å². The highest BCUT2D eigenvalue weighted by molar-refractivity contribution is 7.89. The average Bonchev–Trinajstić information content (AvgIpc) is 2.80. The Hall–Kier alpha value is -1.93. The quantitative estimate of drug-likeness (QED) is 0.855. The topological polar surface area (TPSA) is 95.0 Å². The fraction of sp³-hybridized carbons (Fsp3) is 0.556. The SMILES string of the molecule is Cc1ccc(S(=O)(=O)N2CCC3(CC2)C(C(=O)O)CC(=O)N3C)c(C)c1. The van der Waals surface area contributed by atoms with Gasteiger partial charge in [-0.1, -0.05) is 17.7 Å². The molecule has 1 amide bonds. The first kappa shape index (κ1) is 18.8. The lowest BCUT2D eigenvalue weighted by molar-refractivity contribution is -0.145. The Morgan fingerprint density at radius 2 is 1.85 bits per heavy atom. The van der Waals surface area contributed by atoms with Crippen LogP contribution in [0.25, 0.3) is 0 Å². The minimum absolute atomic E-state index is 0.0182. The van der Waals surface area contributed by atoms with Gasteiger partial charge in [-0.3, -0.25) is 9.59 Å². The van der Waals surface area contributed by atoms with Crippen molar-refractivity contribution in [1.29, 1.82) is 0 Å². The van der Waals surface area contributed by atoms with E-state index in [0.717, 1.165) is 5.56 Å². The lowest BCUT2D eigenvalue weighted by atomic mass is 9.77. The van der Waals surface area contributed by atoms with E-state index in [1.165, 1.54) is 9.21 Å². The second-order valence-electron chi connectivity index (χ2n) is 7.32. The van der Waals surface area contributed by atoms with Gasteiger partial charge in [-0.05, 0) is 38.3 Å². The normalized spacial score (nSPS) is 23.6. The van der Waals surface area contributed by atoms with Gasteiger partial charge in [-0.25, -0.2) is 8.42 Å². The van der Waals surface area contributed by atoms with Gasteiger partial charge >= 0.3 is 5.97 Å². The van der Waals surface area contributed by atoms with Crippen LogP contribution in [0.2, 0.25) is 0 Å². The Labute approximate surface area is 153 Å². The van der Waals surface area contributed by atoms with Gasteiger partial charge in [0.05, 0.1) is 16.4 Å². The number of carbonyl (C=O) groups is 2. The molecule has 0 radical (unpaired) electrons. The van der Waals surface area contributed by atoms with Crippen molar-refractivity contribution in [2.24, 2.45) is 5.92 Å². The van der Waals surface area contributed by atoms with Crippen LogP contribution in [0.15, 0.2) is 23.1 Å². The number of carbonyl (C=O) groups excluding carboxylic acids is 1. The molecule has 0 aromatic heterocycles. The molecule has 2 heterocycles. The number of hydrogen-bond acceptors (Lipinski definition) is 4. The van der Waals surface area contributed by atoms with Crippen molar-refractivity contribution in [2.75, 3.05) is 20.1 Å². The van der Waals surface area contributed by atoms with E-state index >= 15 is 0 Å². The van der Waals surface area contributed by atoms with E-state index in [0.29, 0.717) is 18.4 Å². The molecule has 8 heteroatoms. The Kier molecular flexibility index (Phi) is 4.60. The lowest BCUT2D eigenvalue weighted by Gasteiger charge is -2.45. The highest BCUT2D eigenvalue weighted by atomic mass is 32.2. The van der Waals surface area contributed by atoms with E-state index in [1.54, 1.807) is 26.1 Å². The molecule has 1 aromatic carbocycles. The van der Waals surface area contributed by atoms with Crippen molar-refractivity contribution in [3.63, 3.8) is 0 Å². The van der Waals surface area contributed by atoms with E-state index in [1.807, 2.05) is 13.0 Å². The van der Waals surface area contributed by atoms with Crippen LogP contribution in [0.1, 0.15) is 30.4 Å². The third-order valence-corrected chi connectivity index (χ3v) is 7.96. The van der Waals surface area contributed by atoms with Crippen LogP contribution in [0.3, 0.4) is 0 Å². The van der Waals surface area contributed by atoms with Gasteiger partial charge < -0.3 is 10.0 Å². The van der Waals surface area contributed by atoms with Crippen molar-refractivity contribution in [1.82, 2.24) is 9.21 Å². The number of amides is 1. The highest BCUT2D eigenvalue weighted by Gasteiger charge is 2.56. The summed E-state index contributed by atoms with van der Waals surface area (Å²) in [4.78, 5) is 25.5. The number of aryl methyl sites for hydroxylation is 2. The number of carboxylic acids is 1. The summed E-state index contributed by atoms with van der Waals surface area (Å²) in [6, 6.07) is 5.23. The summed E-state index contributed by atoms with van der Waals surface area (Å²) in [5.41, 5.74) is 0.897. The monoisotopic (exact) mass is 380 g/mol. The minimum atomic E-state index is -3.64. The minimum Gasteiger partial charge on any atom is -0.481 e. The van der Waals surface area contributed by atoms with Crippen molar-refractivity contribution in [2.45, 2.75) is 43.5 Å². The standard InChI is InChI=1S/C18H24N2O5S/c1-12-4-5-15(13(2)10-12)26(24,25)20-8-6-18(7-9-20)14(17(22)23)11-16(21)19(18)3/h4-5,10,14H,6-9,11H2,1-3H3,(H,22,23). The Bertz CT molecular complexity index is 856. The second kappa shape index (κ2) is 6.35. The van der Waals surface area contributed by atoms with Crippen LogP contribution in [0, 0.1) is 19.8 Å². The summed E-state index contributed by atoms with van der Waals surface area (Å²) in [5, 5.41) is 9.52. The number of benzene rings is 1. The first-order valence-electron chi connectivity index (χ1n) is 8.66. The predicted molar refractivity (Wildman–Crippen MR) is 95.2 cm³/mol. The van der Waals surface area contributed by atoms with Gasteiger partial charge in [0.25, 0.3) is 0 Å². The molecule has 3 rings (SSSR count). The number of piperidine rings is 1. The maximum Gasteiger partial charge on any atom is 0.309 e. The van der Waals surface area contributed by atoms with Crippen molar-refractivity contribution >= 4 is 21.9 Å². The molecule has 0 bridgehead atoms. The van der Waals surface area contributed by atoms with Gasteiger partial charge in [-0.15, -0.1) is 0 Å². The lowest BCUT2D eigenvalue weighted by Crippen LogP contribution is -2.56. The van der Waals surface area contributed by atoms with Gasteiger partial charge in [0, 0.05) is 26.6 Å². The Morgan fingerprint density at radius 3 is 2.38 bits per heavy atom. The molecule has 2 saturated heterocycles. The molecule has 2 aliphatic rings. The van der Waals surface area contributed by atoms with Crippen LogP contribution in [-0.2, 0) is 19.6 Å². The van der Waals surface area contributed by atoms with Crippen molar-refractivity contribution in [3.05, 3.63) is 29.3 Å². The maximum absolute atomic E-state index is 13.0. The molecule has 26 heavy (non-hydrogen) atoms. The first-order chi connectivity index (χ1) is 12.1. The number of likely N-dealkylation sites (tertiary alicyclic amines) is 1. The van der Waals surface area contributed by atoms with Crippen LogP contribution >= 0.6 is 0 Å². The maximum atomic E-state index is 13.0. The number of sulfonamides is 1. The number of hydrogen-bond donors (Lipinski definition) is 1. The number of carboxylic acid groups (broad SMARTS) is 1. The fourth-order valence-corrected chi connectivity index (χ4v) is 5.97. The second-order valence-corrected chi connectivity index (χ2v) is 9.23. The molecule has 2 fully saturated rings. The summed E-state index contributed by atoms with van der Waals surface area (Å²) in [5.74, 6) is -1.97.